The van der Waals surface area contributed by atoms with Gasteiger partial charge < -0.3 is 25.9 Å². The van der Waals surface area contributed by atoms with Gasteiger partial charge in [-0.25, -0.2) is 9.79 Å². The number of aromatic nitrogens is 1. The van der Waals surface area contributed by atoms with Crippen LogP contribution in [0, 0.1) is 0 Å². The molecule has 3 unspecified atom stereocenters. The van der Waals surface area contributed by atoms with E-state index in [-0.39, 0.29) is 12.1 Å². The molecule has 0 aromatic carbocycles. The Balaban J connectivity index is 1.80. The summed E-state index contributed by atoms with van der Waals surface area (Å²) in [4.78, 5) is 41.8. The summed E-state index contributed by atoms with van der Waals surface area (Å²) < 4.78 is 5.82. The number of nitrogens with two attached hydrogens (primary N) is 1. The van der Waals surface area contributed by atoms with Gasteiger partial charge in [-0.05, 0) is 39.0 Å². The van der Waals surface area contributed by atoms with E-state index in [1.807, 2.05) is 74.7 Å². The van der Waals surface area contributed by atoms with E-state index >= 15 is 0 Å². The number of aliphatic carboxylic acids is 1. The van der Waals surface area contributed by atoms with Crippen LogP contribution >= 0.6 is 0 Å². The molecule has 0 spiro atoms. The van der Waals surface area contributed by atoms with E-state index in [1.165, 1.54) is 13.0 Å². The number of hydrogen-bond donors (Lipinski definition) is 4. The standard InChI is InChI=1S/C29H34N4O5/c1-20(18-24-22(3)38-27(32-24)16-15-23-14-11-17-31-23)12-9-7-5-4-6-8-10-13-21(2)28(35)33-25(29(36)37)19-26(30)34/h4-18,22,24-25,31H,19H2,1-3H3,(H2,30,34)(H,33,35)(H,36,37). The number of aliphatic imine (C=N–C) groups is 1. The summed E-state index contributed by atoms with van der Waals surface area (Å²) in [5.74, 6) is -2.11. The topological polar surface area (TPSA) is 147 Å². The smallest absolute Gasteiger partial charge is 0.326 e. The molecule has 0 radical (unpaired) electrons. The van der Waals surface area contributed by atoms with Gasteiger partial charge in [-0.3, -0.25) is 9.59 Å². The van der Waals surface area contributed by atoms with Crippen LogP contribution in [0.2, 0.25) is 0 Å². The zero-order valence-corrected chi connectivity index (χ0v) is 21.7. The van der Waals surface area contributed by atoms with Gasteiger partial charge in [0.1, 0.15) is 18.2 Å². The molecule has 2 amide bonds. The molecule has 2 heterocycles. The maximum Gasteiger partial charge on any atom is 0.326 e. The highest BCUT2D eigenvalue weighted by atomic mass is 16.5. The Bertz CT molecular complexity index is 1210. The van der Waals surface area contributed by atoms with E-state index in [1.54, 1.807) is 18.2 Å². The van der Waals surface area contributed by atoms with Crippen LogP contribution in [0.4, 0.5) is 0 Å². The summed E-state index contributed by atoms with van der Waals surface area (Å²) in [6.07, 6.45) is 23.4. The average Bonchev–Trinajstić information content (AvgIpc) is 3.50. The number of hydrogen-bond acceptors (Lipinski definition) is 5. The van der Waals surface area contributed by atoms with E-state index in [2.05, 4.69) is 21.4 Å². The minimum Gasteiger partial charge on any atom is -0.480 e. The van der Waals surface area contributed by atoms with E-state index < -0.39 is 30.2 Å². The first-order valence-electron chi connectivity index (χ1n) is 12.1. The Morgan fingerprint density at radius 3 is 2.45 bits per heavy atom. The monoisotopic (exact) mass is 518 g/mol. The van der Waals surface area contributed by atoms with Crippen molar-refractivity contribution in [2.45, 2.75) is 45.4 Å². The van der Waals surface area contributed by atoms with Crippen LogP contribution in [0.3, 0.4) is 0 Å². The number of amides is 2. The molecule has 3 atom stereocenters. The van der Waals surface area contributed by atoms with Crippen molar-refractivity contribution in [3.05, 3.63) is 102 Å². The second kappa shape index (κ2) is 15.5. The largest absolute Gasteiger partial charge is 0.480 e. The van der Waals surface area contributed by atoms with Gasteiger partial charge in [-0.15, -0.1) is 0 Å². The number of nitrogens with zero attached hydrogens (tertiary/aromatic N) is 1. The van der Waals surface area contributed by atoms with Crippen LogP contribution in [-0.2, 0) is 19.1 Å². The Morgan fingerprint density at radius 2 is 1.82 bits per heavy atom. The predicted molar refractivity (Wildman–Crippen MR) is 149 cm³/mol. The van der Waals surface area contributed by atoms with Crippen molar-refractivity contribution in [1.82, 2.24) is 10.3 Å². The van der Waals surface area contributed by atoms with Crippen molar-refractivity contribution >= 4 is 29.8 Å². The van der Waals surface area contributed by atoms with Crippen LogP contribution in [0.15, 0.2) is 101 Å². The Labute approximate surface area is 222 Å². The van der Waals surface area contributed by atoms with Crippen molar-refractivity contribution in [3.8, 4) is 0 Å². The van der Waals surface area contributed by atoms with Crippen LogP contribution in [-0.4, -0.2) is 52.0 Å². The molecule has 5 N–H and O–H groups in total. The number of carbonyl (C=O) groups is 3. The lowest BCUT2D eigenvalue weighted by Gasteiger charge is -2.12. The zero-order valence-electron chi connectivity index (χ0n) is 21.7. The Morgan fingerprint density at radius 1 is 1.13 bits per heavy atom. The minimum atomic E-state index is -1.36. The minimum absolute atomic E-state index is 0.0376. The molecule has 9 nitrogen and oxygen atoms in total. The number of carbonyl (C=O) groups excluding carboxylic acids is 2. The van der Waals surface area contributed by atoms with Crippen molar-refractivity contribution in [1.29, 1.82) is 0 Å². The van der Waals surface area contributed by atoms with Gasteiger partial charge in [0, 0.05) is 23.5 Å². The first kappa shape index (κ1) is 29.6. The molecule has 0 fully saturated rings. The van der Waals surface area contributed by atoms with Crippen molar-refractivity contribution in [3.63, 3.8) is 0 Å². The second-order valence-electron chi connectivity index (χ2n) is 8.55. The summed E-state index contributed by atoms with van der Waals surface area (Å²) in [6, 6.07) is 2.49. The van der Waals surface area contributed by atoms with Crippen LogP contribution in [0.1, 0.15) is 32.9 Å². The summed E-state index contributed by atoms with van der Waals surface area (Å²) >= 11 is 0. The molecule has 1 aromatic heterocycles. The summed E-state index contributed by atoms with van der Waals surface area (Å²) in [6.45, 7) is 5.54. The lowest BCUT2D eigenvalue weighted by molar-refractivity contribution is -0.142. The fourth-order valence-corrected chi connectivity index (χ4v) is 3.21. The Hall–Kier alpha value is -4.66. The van der Waals surface area contributed by atoms with Crippen LogP contribution < -0.4 is 11.1 Å². The fourth-order valence-electron chi connectivity index (χ4n) is 3.21. The third-order valence-corrected chi connectivity index (χ3v) is 5.26. The molecular formula is C29H34N4O5. The molecule has 0 saturated heterocycles. The molecule has 9 heteroatoms. The van der Waals surface area contributed by atoms with Gasteiger partial charge in [0.25, 0.3) is 0 Å². The summed E-state index contributed by atoms with van der Waals surface area (Å²) in [7, 11) is 0. The normalized spacial score (nSPS) is 19.6. The molecule has 1 aliphatic heterocycles. The maximum atomic E-state index is 12.1. The highest BCUT2D eigenvalue weighted by Crippen LogP contribution is 2.17. The lowest BCUT2D eigenvalue weighted by Crippen LogP contribution is -2.43. The number of allylic oxidation sites excluding steroid dienone is 10. The van der Waals surface area contributed by atoms with Gasteiger partial charge in [-0.2, -0.15) is 0 Å². The number of aromatic amines is 1. The van der Waals surface area contributed by atoms with Gasteiger partial charge in [0.2, 0.25) is 17.7 Å². The number of H-pyrrole nitrogens is 1. The molecule has 0 bridgehead atoms. The predicted octanol–water partition coefficient (Wildman–Crippen LogP) is 3.78. The van der Waals surface area contributed by atoms with Crippen molar-refractivity contribution in [2.24, 2.45) is 10.7 Å². The first-order valence-corrected chi connectivity index (χ1v) is 12.1. The first-order chi connectivity index (χ1) is 18.2. The van der Waals surface area contributed by atoms with Gasteiger partial charge >= 0.3 is 5.97 Å². The van der Waals surface area contributed by atoms with E-state index in [9.17, 15) is 14.4 Å². The van der Waals surface area contributed by atoms with Crippen molar-refractivity contribution in [2.75, 3.05) is 0 Å². The molecule has 1 aliphatic rings. The quantitative estimate of drug-likeness (QED) is 0.232. The SMILES string of the molecule is CC(C=CC=CC=CC=CC=C(C)C(=O)NC(CC(N)=O)C(=O)O)=CC1N=C(C=Cc2ccc[nH]2)OC1C. The second-order valence-corrected chi connectivity index (χ2v) is 8.55. The van der Waals surface area contributed by atoms with E-state index in [0.29, 0.717) is 11.5 Å². The molecular weight excluding hydrogens is 484 g/mol. The molecule has 1 aromatic rings. The average molecular weight is 519 g/mol. The van der Waals surface area contributed by atoms with Crippen LogP contribution in [0.25, 0.3) is 6.08 Å². The number of carboxylic acids is 1. The highest BCUT2D eigenvalue weighted by molar-refractivity contribution is 5.96. The fraction of sp³-hybridized carbons (Fsp3) is 0.241. The van der Waals surface area contributed by atoms with Gasteiger partial charge in [-0.1, -0.05) is 66.3 Å². The van der Waals surface area contributed by atoms with Crippen molar-refractivity contribution < 1.29 is 24.2 Å². The zero-order chi connectivity index (χ0) is 27.9. The van der Waals surface area contributed by atoms with Gasteiger partial charge in [0.15, 0.2) is 0 Å². The third-order valence-electron chi connectivity index (χ3n) is 5.26. The number of primary amides is 1. The number of ether oxygens (including phenoxy) is 1. The summed E-state index contributed by atoms with van der Waals surface area (Å²) in [5.41, 5.74) is 7.36. The third kappa shape index (κ3) is 10.9. The van der Waals surface area contributed by atoms with E-state index in [0.717, 1.165) is 11.3 Å². The number of carboxylic acid groups (broad SMARTS) is 1. The molecule has 2 rings (SSSR count). The Kier molecular flexibility index (Phi) is 12.0. The molecule has 0 saturated carbocycles. The maximum absolute atomic E-state index is 12.1. The molecule has 0 aliphatic carbocycles. The number of rotatable bonds is 13. The van der Waals surface area contributed by atoms with E-state index in [4.69, 9.17) is 15.6 Å². The lowest BCUT2D eigenvalue weighted by atomic mass is 10.1. The molecule has 38 heavy (non-hydrogen) atoms. The summed E-state index contributed by atoms with van der Waals surface area (Å²) in [5, 5.41) is 11.3. The van der Waals surface area contributed by atoms with Crippen LogP contribution in [0.5, 0.6) is 0 Å². The highest BCUT2D eigenvalue weighted by Gasteiger charge is 2.24. The van der Waals surface area contributed by atoms with Gasteiger partial charge in [0.05, 0.1) is 6.42 Å². The number of nitrogens with one attached hydrogen (secondary N) is 2. The molecule has 200 valence electrons.